The van der Waals surface area contributed by atoms with E-state index in [0.29, 0.717) is 18.1 Å². The van der Waals surface area contributed by atoms with Gasteiger partial charge in [-0.3, -0.25) is 0 Å². The van der Waals surface area contributed by atoms with Gasteiger partial charge in [0.05, 0.1) is 19.3 Å². The average Bonchev–Trinajstić information content (AvgIpc) is 2.47. The largest absolute Gasteiger partial charge is 0.383 e. The van der Waals surface area contributed by atoms with Crippen LogP contribution in [0, 0.1) is 17.6 Å². The Bertz CT molecular complexity index is 422. The fraction of sp³-hybridized carbons (Fsp3) is 0.600. The number of hydrogen-bond donors (Lipinski definition) is 1. The molecule has 0 aliphatic carbocycles. The fourth-order valence-electron chi connectivity index (χ4n) is 2.45. The summed E-state index contributed by atoms with van der Waals surface area (Å²) in [5, 5.41) is 3.36. The first kappa shape index (κ1) is 15.4. The number of halogens is 2. The highest BCUT2D eigenvalue weighted by Gasteiger charge is 2.18. The van der Waals surface area contributed by atoms with Crippen molar-refractivity contribution in [3.05, 3.63) is 35.4 Å². The first-order valence-electron chi connectivity index (χ1n) is 6.95. The Labute approximate surface area is 118 Å². The summed E-state index contributed by atoms with van der Waals surface area (Å²) in [5.74, 6) is -1.19. The zero-order valence-corrected chi connectivity index (χ0v) is 11.7. The number of methoxy groups -OCH3 is 1. The van der Waals surface area contributed by atoms with Gasteiger partial charge in [0.2, 0.25) is 0 Å². The smallest absolute Gasteiger partial charge is 0.159 e. The SMILES string of the molecule is COC[C@@H](NC[C@H]1CCCOC1)c1ccc(F)c(F)c1. The summed E-state index contributed by atoms with van der Waals surface area (Å²) in [7, 11) is 1.60. The topological polar surface area (TPSA) is 30.5 Å². The van der Waals surface area contributed by atoms with E-state index in [-0.39, 0.29) is 6.04 Å². The molecule has 0 radical (unpaired) electrons. The van der Waals surface area contributed by atoms with E-state index in [4.69, 9.17) is 9.47 Å². The molecule has 0 aromatic heterocycles. The minimum absolute atomic E-state index is 0.142. The first-order valence-corrected chi connectivity index (χ1v) is 6.95. The van der Waals surface area contributed by atoms with E-state index in [2.05, 4.69) is 5.32 Å². The molecule has 0 bridgehead atoms. The summed E-state index contributed by atoms with van der Waals surface area (Å²) < 4.78 is 36.9. The van der Waals surface area contributed by atoms with Gasteiger partial charge < -0.3 is 14.8 Å². The van der Waals surface area contributed by atoms with Crippen LogP contribution in [0.3, 0.4) is 0 Å². The third-order valence-corrected chi connectivity index (χ3v) is 3.59. The van der Waals surface area contributed by atoms with Crippen molar-refractivity contribution in [2.75, 3.05) is 33.5 Å². The Morgan fingerprint density at radius 2 is 2.25 bits per heavy atom. The number of ether oxygens (including phenoxy) is 2. The van der Waals surface area contributed by atoms with Crippen LogP contribution in [0.1, 0.15) is 24.4 Å². The Morgan fingerprint density at radius 3 is 2.90 bits per heavy atom. The van der Waals surface area contributed by atoms with Gasteiger partial charge in [-0.05, 0) is 36.5 Å². The van der Waals surface area contributed by atoms with Crippen LogP contribution in [0.2, 0.25) is 0 Å². The molecule has 0 unspecified atom stereocenters. The van der Waals surface area contributed by atoms with E-state index in [9.17, 15) is 8.78 Å². The summed E-state index contributed by atoms with van der Waals surface area (Å²) >= 11 is 0. The highest BCUT2D eigenvalue weighted by Crippen LogP contribution is 2.19. The van der Waals surface area contributed by atoms with Gasteiger partial charge >= 0.3 is 0 Å². The van der Waals surface area contributed by atoms with E-state index in [0.717, 1.165) is 38.7 Å². The van der Waals surface area contributed by atoms with Gasteiger partial charge in [-0.25, -0.2) is 8.78 Å². The predicted molar refractivity (Wildman–Crippen MR) is 72.5 cm³/mol. The lowest BCUT2D eigenvalue weighted by Gasteiger charge is -2.25. The highest BCUT2D eigenvalue weighted by atomic mass is 19.2. The van der Waals surface area contributed by atoms with Crippen LogP contribution in [-0.4, -0.2) is 33.5 Å². The van der Waals surface area contributed by atoms with Crippen LogP contribution in [0.4, 0.5) is 8.78 Å². The number of benzene rings is 1. The van der Waals surface area contributed by atoms with Crippen LogP contribution in [-0.2, 0) is 9.47 Å². The maximum Gasteiger partial charge on any atom is 0.159 e. The van der Waals surface area contributed by atoms with E-state index in [1.807, 2.05) is 0 Å². The summed E-state index contributed by atoms with van der Waals surface area (Å²) in [6.07, 6.45) is 2.21. The minimum atomic E-state index is -0.828. The molecule has 1 heterocycles. The van der Waals surface area contributed by atoms with Crippen LogP contribution >= 0.6 is 0 Å². The van der Waals surface area contributed by atoms with Crippen molar-refractivity contribution in [3.63, 3.8) is 0 Å². The monoisotopic (exact) mass is 285 g/mol. The van der Waals surface area contributed by atoms with Gasteiger partial charge in [-0.15, -0.1) is 0 Å². The molecule has 1 aromatic carbocycles. The molecular weight excluding hydrogens is 264 g/mol. The lowest BCUT2D eigenvalue weighted by atomic mass is 10.0. The van der Waals surface area contributed by atoms with Crippen molar-refractivity contribution in [2.45, 2.75) is 18.9 Å². The van der Waals surface area contributed by atoms with Gasteiger partial charge in [-0.1, -0.05) is 6.07 Å². The molecule has 20 heavy (non-hydrogen) atoms. The lowest BCUT2D eigenvalue weighted by Crippen LogP contribution is -2.33. The summed E-state index contributed by atoms with van der Waals surface area (Å²) in [6.45, 7) is 2.79. The third kappa shape index (κ3) is 4.23. The average molecular weight is 285 g/mol. The van der Waals surface area contributed by atoms with E-state index in [1.165, 1.54) is 6.07 Å². The quantitative estimate of drug-likeness (QED) is 0.871. The van der Waals surface area contributed by atoms with Crippen molar-refractivity contribution < 1.29 is 18.3 Å². The van der Waals surface area contributed by atoms with E-state index >= 15 is 0 Å². The molecule has 3 nitrogen and oxygen atoms in total. The second-order valence-electron chi connectivity index (χ2n) is 5.17. The molecule has 112 valence electrons. The molecule has 2 rings (SSSR count). The lowest BCUT2D eigenvalue weighted by molar-refractivity contribution is 0.0519. The maximum absolute atomic E-state index is 13.3. The van der Waals surface area contributed by atoms with E-state index in [1.54, 1.807) is 13.2 Å². The molecule has 0 saturated carbocycles. The molecule has 1 aromatic rings. The molecule has 0 amide bonds. The zero-order valence-electron chi connectivity index (χ0n) is 11.7. The van der Waals surface area contributed by atoms with Crippen molar-refractivity contribution in [3.8, 4) is 0 Å². The molecule has 1 N–H and O–H groups in total. The molecule has 1 aliphatic heterocycles. The van der Waals surface area contributed by atoms with Gasteiger partial charge in [0, 0.05) is 20.3 Å². The van der Waals surface area contributed by atoms with Gasteiger partial charge in [0.25, 0.3) is 0 Å². The number of hydrogen-bond acceptors (Lipinski definition) is 3. The van der Waals surface area contributed by atoms with Gasteiger partial charge in [0.1, 0.15) is 0 Å². The molecule has 0 spiro atoms. The molecule has 1 saturated heterocycles. The van der Waals surface area contributed by atoms with Crippen LogP contribution in [0.25, 0.3) is 0 Å². The van der Waals surface area contributed by atoms with Crippen molar-refractivity contribution in [1.82, 2.24) is 5.32 Å². The van der Waals surface area contributed by atoms with Crippen LogP contribution < -0.4 is 5.32 Å². The molecular formula is C15H21F2NO2. The standard InChI is InChI=1S/C15H21F2NO2/c1-19-10-15(12-4-5-13(16)14(17)7-12)18-8-11-3-2-6-20-9-11/h4-5,7,11,15,18H,2-3,6,8-10H2,1H3/t11-,15-/m1/s1. The maximum atomic E-state index is 13.3. The van der Waals surface area contributed by atoms with E-state index < -0.39 is 11.6 Å². The second-order valence-corrected chi connectivity index (χ2v) is 5.17. The first-order chi connectivity index (χ1) is 9.70. The zero-order chi connectivity index (χ0) is 14.4. The van der Waals surface area contributed by atoms with Gasteiger partial charge in [0.15, 0.2) is 11.6 Å². The Kier molecular flexibility index (Phi) is 5.88. The molecule has 1 fully saturated rings. The predicted octanol–water partition coefficient (Wildman–Crippen LogP) is 2.67. The fourth-order valence-corrected chi connectivity index (χ4v) is 2.45. The molecule has 5 heteroatoms. The Morgan fingerprint density at radius 1 is 1.40 bits per heavy atom. The summed E-state index contributed by atoms with van der Waals surface area (Å²) in [4.78, 5) is 0. The summed E-state index contributed by atoms with van der Waals surface area (Å²) in [5.41, 5.74) is 0.697. The minimum Gasteiger partial charge on any atom is -0.383 e. The van der Waals surface area contributed by atoms with Crippen LogP contribution in [0.15, 0.2) is 18.2 Å². The Hall–Kier alpha value is -1.04. The Balaban J connectivity index is 1.96. The van der Waals surface area contributed by atoms with Crippen LogP contribution in [0.5, 0.6) is 0 Å². The molecule has 2 atom stereocenters. The molecule has 1 aliphatic rings. The van der Waals surface area contributed by atoms with Gasteiger partial charge in [-0.2, -0.15) is 0 Å². The van der Waals surface area contributed by atoms with Crippen molar-refractivity contribution >= 4 is 0 Å². The second kappa shape index (κ2) is 7.67. The van der Waals surface area contributed by atoms with Crippen molar-refractivity contribution in [2.24, 2.45) is 5.92 Å². The summed E-state index contributed by atoms with van der Waals surface area (Å²) in [6, 6.07) is 3.83. The normalized spacial score (nSPS) is 20.9. The number of rotatable bonds is 6. The van der Waals surface area contributed by atoms with Crippen molar-refractivity contribution in [1.29, 1.82) is 0 Å². The third-order valence-electron chi connectivity index (χ3n) is 3.59. The number of nitrogens with one attached hydrogen (secondary N) is 1. The highest BCUT2D eigenvalue weighted by molar-refractivity contribution is 5.21.